The molecule has 20 heavy (non-hydrogen) atoms. The molecule has 2 atom stereocenters. The van der Waals surface area contributed by atoms with Crippen molar-refractivity contribution in [2.75, 3.05) is 39.3 Å². The van der Waals surface area contributed by atoms with E-state index >= 15 is 0 Å². The summed E-state index contributed by atoms with van der Waals surface area (Å²) in [5.74, 6) is 1.03. The predicted octanol–water partition coefficient (Wildman–Crippen LogP) is 1.30. The standard InChI is InChI=1S/C15H22N2O2S/c1-11-2-3-14(20-11)12-10-13(12)15(19)17-6-4-16(5-7-17)8-9-18/h2-3,12-13,18H,4-10H2,1H3. The summed E-state index contributed by atoms with van der Waals surface area (Å²) < 4.78 is 0. The molecule has 2 heterocycles. The Morgan fingerprint density at radius 1 is 1.35 bits per heavy atom. The van der Waals surface area contributed by atoms with E-state index < -0.39 is 0 Å². The number of rotatable bonds is 4. The second-order valence-electron chi connectivity index (χ2n) is 5.79. The van der Waals surface area contributed by atoms with Gasteiger partial charge in [-0.2, -0.15) is 0 Å². The summed E-state index contributed by atoms with van der Waals surface area (Å²) in [6, 6.07) is 4.32. The molecule has 1 saturated carbocycles. The molecule has 2 fully saturated rings. The van der Waals surface area contributed by atoms with E-state index in [1.54, 1.807) is 0 Å². The number of thiophene rings is 1. The van der Waals surface area contributed by atoms with Crippen LogP contribution in [-0.2, 0) is 4.79 Å². The molecule has 1 aromatic heterocycles. The Kier molecular flexibility index (Phi) is 4.10. The highest BCUT2D eigenvalue weighted by Crippen LogP contribution is 2.50. The molecule has 0 bridgehead atoms. The first-order valence-electron chi connectivity index (χ1n) is 7.37. The van der Waals surface area contributed by atoms with Gasteiger partial charge < -0.3 is 10.0 Å². The second-order valence-corrected chi connectivity index (χ2v) is 7.11. The van der Waals surface area contributed by atoms with Crippen molar-refractivity contribution in [3.05, 3.63) is 21.9 Å². The molecule has 0 spiro atoms. The predicted molar refractivity (Wildman–Crippen MR) is 80.0 cm³/mol. The van der Waals surface area contributed by atoms with Crippen LogP contribution in [0.2, 0.25) is 0 Å². The molecule has 2 unspecified atom stereocenters. The number of nitrogens with zero attached hydrogens (tertiary/aromatic N) is 2. The monoisotopic (exact) mass is 294 g/mol. The maximum absolute atomic E-state index is 12.5. The molecule has 2 aliphatic rings. The lowest BCUT2D eigenvalue weighted by Crippen LogP contribution is -2.49. The van der Waals surface area contributed by atoms with Crippen LogP contribution in [0.25, 0.3) is 0 Å². The summed E-state index contributed by atoms with van der Waals surface area (Å²) in [4.78, 5) is 19.4. The maximum atomic E-state index is 12.5. The number of amides is 1. The highest BCUT2D eigenvalue weighted by Gasteiger charge is 2.46. The Morgan fingerprint density at radius 2 is 2.10 bits per heavy atom. The minimum Gasteiger partial charge on any atom is -0.395 e. The van der Waals surface area contributed by atoms with Gasteiger partial charge in [0.2, 0.25) is 5.91 Å². The summed E-state index contributed by atoms with van der Waals surface area (Å²) in [6.07, 6.45) is 1.02. The Labute approximate surface area is 124 Å². The number of hydrogen-bond donors (Lipinski definition) is 1. The van der Waals surface area contributed by atoms with Crippen LogP contribution in [0.1, 0.15) is 22.1 Å². The molecule has 1 N–H and O–H groups in total. The smallest absolute Gasteiger partial charge is 0.226 e. The first kappa shape index (κ1) is 14.0. The molecule has 0 aromatic carbocycles. The molecule has 110 valence electrons. The summed E-state index contributed by atoms with van der Waals surface area (Å²) in [6.45, 7) is 6.45. The molecule has 3 rings (SSSR count). The number of aryl methyl sites for hydroxylation is 1. The average Bonchev–Trinajstić information content (AvgIpc) is 3.14. The van der Waals surface area contributed by atoms with E-state index in [2.05, 4.69) is 24.0 Å². The van der Waals surface area contributed by atoms with E-state index in [0.717, 1.165) is 39.1 Å². The zero-order chi connectivity index (χ0) is 14.1. The summed E-state index contributed by atoms with van der Waals surface area (Å²) in [7, 11) is 0. The Balaban J connectivity index is 1.51. The molecule has 1 saturated heterocycles. The molecule has 1 aromatic rings. The molecule has 4 nitrogen and oxygen atoms in total. The van der Waals surface area contributed by atoms with Gasteiger partial charge in [0.1, 0.15) is 0 Å². The van der Waals surface area contributed by atoms with Crippen molar-refractivity contribution < 1.29 is 9.90 Å². The zero-order valence-corrected chi connectivity index (χ0v) is 12.7. The van der Waals surface area contributed by atoms with E-state index in [0.29, 0.717) is 11.8 Å². The van der Waals surface area contributed by atoms with Crippen LogP contribution in [0, 0.1) is 12.8 Å². The van der Waals surface area contributed by atoms with Crippen LogP contribution in [0.5, 0.6) is 0 Å². The van der Waals surface area contributed by atoms with Crippen LogP contribution in [-0.4, -0.2) is 60.1 Å². The molecule has 1 aliphatic carbocycles. The first-order chi connectivity index (χ1) is 9.69. The number of hydrogen-bond acceptors (Lipinski definition) is 4. The average molecular weight is 294 g/mol. The van der Waals surface area contributed by atoms with Gasteiger partial charge >= 0.3 is 0 Å². The van der Waals surface area contributed by atoms with Crippen molar-refractivity contribution >= 4 is 17.2 Å². The van der Waals surface area contributed by atoms with Gasteiger partial charge in [-0.1, -0.05) is 0 Å². The largest absolute Gasteiger partial charge is 0.395 e. The lowest BCUT2D eigenvalue weighted by molar-refractivity contribution is -0.134. The molecule has 1 amide bonds. The van der Waals surface area contributed by atoms with E-state index in [1.165, 1.54) is 9.75 Å². The van der Waals surface area contributed by atoms with Gasteiger partial charge in [-0.3, -0.25) is 9.69 Å². The van der Waals surface area contributed by atoms with Gasteiger partial charge in [0.05, 0.1) is 6.61 Å². The summed E-state index contributed by atoms with van der Waals surface area (Å²) in [5, 5.41) is 8.93. The number of aliphatic hydroxyl groups excluding tert-OH is 1. The number of β-amino-alcohol motifs (C(OH)–C–C–N with tert-alkyl or cyclic N) is 1. The third kappa shape index (κ3) is 2.90. The SMILES string of the molecule is Cc1ccc(C2CC2C(=O)N2CCN(CCO)CC2)s1. The van der Waals surface area contributed by atoms with E-state index in [1.807, 2.05) is 16.2 Å². The maximum Gasteiger partial charge on any atom is 0.226 e. The van der Waals surface area contributed by atoms with Crippen molar-refractivity contribution in [1.29, 1.82) is 0 Å². The number of carbonyl (C=O) groups is 1. The van der Waals surface area contributed by atoms with Gasteiger partial charge in [-0.25, -0.2) is 0 Å². The van der Waals surface area contributed by atoms with Crippen LogP contribution < -0.4 is 0 Å². The van der Waals surface area contributed by atoms with Crippen LogP contribution >= 0.6 is 11.3 Å². The number of carbonyl (C=O) groups excluding carboxylic acids is 1. The molecule has 1 aliphatic heterocycles. The van der Waals surface area contributed by atoms with Crippen molar-refractivity contribution in [2.24, 2.45) is 5.92 Å². The summed E-state index contributed by atoms with van der Waals surface area (Å²) in [5.41, 5.74) is 0. The van der Waals surface area contributed by atoms with Crippen LogP contribution in [0.4, 0.5) is 0 Å². The van der Waals surface area contributed by atoms with Crippen molar-refractivity contribution in [3.63, 3.8) is 0 Å². The summed E-state index contributed by atoms with van der Waals surface area (Å²) >= 11 is 1.83. The Bertz CT molecular complexity index is 480. The fourth-order valence-corrected chi connectivity index (χ4v) is 4.06. The normalized spacial score (nSPS) is 26.8. The second kappa shape index (κ2) is 5.84. The highest BCUT2D eigenvalue weighted by molar-refractivity contribution is 7.12. The molecular formula is C15H22N2O2S. The fraction of sp³-hybridized carbons (Fsp3) is 0.667. The van der Waals surface area contributed by atoms with Gasteiger partial charge in [-0.05, 0) is 25.5 Å². The van der Waals surface area contributed by atoms with Gasteiger partial charge in [0, 0.05) is 54.3 Å². The lowest BCUT2D eigenvalue weighted by atomic mass is 10.2. The minimum atomic E-state index is 0.205. The fourth-order valence-electron chi connectivity index (χ4n) is 3.00. The van der Waals surface area contributed by atoms with Crippen LogP contribution in [0.15, 0.2) is 12.1 Å². The third-order valence-corrected chi connectivity index (χ3v) is 5.47. The first-order valence-corrected chi connectivity index (χ1v) is 8.19. The van der Waals surface area contributed by atoms with Gasteiger partial charge in [0.15, 0.2) is 0 Å². The van der Waals surface area contributed by atoms with E-state index in [-0.39, 0.29) is 12.5 Å². The van der Waals surface area contributed by atoms with Crippen molar-refractivity contribution in [2.45, 2.75) is 19.3 Å². The molecule has 5 heteroatoms. The van der Waals surface area contributed by atoms with E-state index in [9.17, 15) is 4.79 Å². The lowest BCUT2D eigenvalue weighted by Gasteiger charge is -2.34. The number of piperazine rings is 1. The van der Waals surface area contributed by atoms with Crippen molar-refractivity contribution in [1.82, 2.24) is 9.80 Å². The molecule has 0 radical (unpaired) electrons. The van der Waals surface area contributed by atoms with Crippen LogP contribution in [0.3, 0.4) is 0 Å². The highest BCUT2D eigenvalue weighted by atomic mass is 32.1. The van der Waals surface area contributed by atoms with Gasteiger partial charge in [0.25, 0.3) is 0 Å². The minimum absolute atomic E-state index is 0.205. The molecular weight excluding hydrogens is 272 g/mol. The third-order valence-electron chi connectivity index (χ3n) is 4.33. The number of aliphatic hydroxyl groups is 1. The topological polar surface area (TPSA) is 43.8 Å². The van der Waals surface area contributed by atoms with E-state index in [4.69, 9.17) is 5.11 Å². The quantitative estimate of drug-likeness (QED) is 0.910. The zero-order valence-electron chi connectivity index (χ0n) is 11.9. The van der Waals surface area contributed by atoms with Crippen molar-refractivity contribution in [3.8, 4) is 0 Å². The Morgan fingerprint density at radius 3 is 2.70 bits per heavy atom. The van der Waals surface area contributed by atoms with Gasteiger partial charge in [-0.15, -0.1) is 11.3 Å². The Hall–Kier alpha value is -0.910.